The molecule has 5 heteroatoms. The number of nitriles is 1. The summed E-state index contributed by atoms with van der Waals surface area (Å²) in [4.78, 5) is 4.15. The van der Waals surface area contributed by atoms with Crippen molar-refractivity contribution < 1.29 is 4.74 Å². The number of ether oxygens (including phenoxy) is 1. The van der Waals surface area contributed by atoms with E-state index in [1.165, 1.54) is 7.11 Å². The largest absolute Gasteiger partial charge is 0.495 e. The molecule has 1 heterocycles. The van der Waals surface area contributed by atoms with Crippen molar-refractivity contribution >= 4 is 27.4 Å². The molecule has 0 aliphatic heterocycles. The Balaban J connectivity index is 2.35. The van der Waals surface area contributed by atoms with E-state index < -0.39 is 0 Å². The van der Waals surface area contributed by atoms with E-state index in [4.69, 9.17) is 10.00 Å². The van der Waals surface area contributed by atoms with Crippen LogP contribution in [0.1, 0.15) is 5.56 Å². The molecule has 2 rings (SSSR count). The standard InChI is InChI=1S/C13H10BrN3O/c1-18-12-6-7-16-13(11(12)8-15)17-10-4-2-9(14)3-5-10/h2-7H,1H3,(H,16,17). The average Bonchev–Trinajstić information content (AvgIpc) is 2.41. The van der Waals surface area contributed by atoms with Crippen LogP contribution in [-0.4, -0.2) is 12.1 Å². The van der Waals surface area contributed by atoms with E-state index >= 15 is 0 Å². The fourth-order valence-electron chi connectivity index (χ4n) is 1.49. The molecule has 0 spiro atoms. The fourth-order valence-corrected chi connectivity index (χ4v) is 1.75. The first kappa shape index (κ1) is 12.4. The zero-order valence-corrected chi connectivity index (χ0v) is 11.2. The molecule has 0 atom stereocenters. The molecule has 0 radical (unpaired) electrons. The maximum absolute atomic E-state index is 9.14. The van der Waals surface area contributed by atoms with E-state index in [1.54, 1.807) is 12.3 Å². The van der Waals surface area contributed by atoms with Crippen molar-refractivity contribution in [2.24, 2.45) is 0 Å². The maximum Gasteiger partial charge on any atom is 0.152 e. The van der Waals surface area contributed by atoms with Crippen LogP contribution in [0.15, 0.2) is 41.0 Å². The number of pyridine rings is 1. The van der Waals surface area contributed by atoms with Gasteiger partial charge in [-0.1, -0.05) is 15.9 Å². The van der Waals surface area contributed by atoms with Crippen molar-refractivity contribution in [3.63, 3.8) is 0 Å². The lowest BCUT2D eigenvalue weighted by molar-refractivity contribution is 0.413. The molecule has 1 N–H and O–H groups in total. The Morgan fingerprint density at radius 3 is 2.61 bits per heavy atom. The number of benzene rings is 1. The quantitative estimate of drug-likeness (QED) is 0.943. The minimum absolute atomic E-state index is 0.392. The van der Waals surface area contributed by atoms with Gasteiger partial charge in [-0.05, 0) is 30.3 Å². The number of rotatable bonds is 3. The number of anilines is 2. The molecule has 1 aromatic heterocycles. The highest BCUT2D eigenvalue weighted by Crippen LogP contribution is 2.26. The van der Waals surface area contributed by atoms with Crippen LogP contribution in [-0.2, 0) is 0 Å². The van der Waals surface area contributed by atoms with Gasteiger partial charge in [-0.15, -0.1) is 0 Å². The zero-order valence-electron chi connectivity index (χ0n) is 9.64. The van der Waals surface area contributed by atoms with Gasteiger partial charge in [0, 0.05) is 16.4 Å². The molecule has 0 saturated heterocycles. The summed E-state index contributed by atoms with van der Waals surface area (Å²) in [6.45, 7) is 0. The monoisotopic (exact) mass is 303 g/mol. The molecule has 2 aromatic rings. The molecule has 0 aliphatic rings. The van der Waals surface area contributed by atoms with E-state index in [0.29, 0.717) is 17.1 Å². The lowest BCUT2D eigenvalue weighted by atomic mass is 10.2. The van der Waals surface area contributed by atoms with Crippen molar-refractivity contribution in [3.8, 4) is 11.8 Å². The fraction of sp³-hybridized carbons (Fsp3) is 0.0769. The van der Waals surface area contributed by atoms with Crippen LogP contribution in [0.4, 0.5) is 11.5 Å². The van der Waals surface area contributed by atoms with Crippen molar-refractivity contribution in [3.05, 3.63) is 46.6 Å². The predicted octanol–water partition coefficient (Wildman–Crippen LogP) is 3.47. The van der Waals surface area contributed by atoms with E-state index in [9.17, 15) is 0 Å². The van der Waals surface area contributed by atoms with Crippen LogP contribution in [0.5, 0.6) is 5.75 Å². The molecular weight excluding hydrogens is 294 g/mol. The van der Waals surface area contributed by atoms with Gasteiger partial charge in [-0.2, -0.15) is 5.26 Å². The van der Waals surface area contributed by atoms with Gasteiger partial charge >= 0.3 is 0 Å². The van der Waals surface area contributed by atoms with Crippen molar-refractivity contribution in [1.29, 1.82) is 5.26 Å². The van der Waals surface area contributed by atoms with Crippen LogP contribution >= 0.6 is 15.9 Å². The Hall–Kier alpha value is -2.06. The summed E-state index contributed by atoms with van der Waals surface area (Å²) in [7, 11) is 1.53. The van der Waals surface area contributed by atoms with Gasteiger partial charge in [0.25, 0.3) is 0 Å². The molecular formula is C13H10BrN3O. The maximum atomic E-state index is 9.14. The van der Waals surface area contributed by atoms with E-state index in [-0.39, 0.29) is 0 Å². The molecule has 0 bridgehead atoms. The van der Waals surface area contributed by atoms with Crippen LogP contribution < -0.4 is 10.1 Å². The number of halogens is 1. The van der Waals surface area contributed by atoms with Gasteiger partial charge in [0.05, 0.1) is 7.11 Å². The second-order valence-corrected chi connectivity index (χ2v) is 4.40. The molecule has 0 fully saturated rings. The van der Waals surface area contributed by atoms with Crippen molar-refractivity contribution in [2.75, 3.05) is 12.4 Å². The van der Waals surface area contributed by atoms with Crippen LogP contribution in [0.25, 0.3) is 0 Å². The van der Waals surface area contributed by atoms with Crippen LogP contribution in [0, 0.1) is 11.3 Å². The summed E-state index contributed by atoms with van der Waals surface area (Å²) in [6.07, 6.45) is 1.60. The van der Waals surface area contributed by atoms with Crippen molar-refractivity contribution in [2.45, 2.75) is 0 Å². The summed E-state index contributed by atoms with van der Waals surface area (Å²) in [5, 5.41) is 12.2. The zero-order chi connectivity index (χ0) is 13.0. The van der Waals surface area contributed by atoms with Crippen LogP contribution in [0.2, 0.25) is 0 Å². The SMILES string of the molecule is COc1ccnc(Nc2ccc(Br)cc2)c1C#N. The Kier molecular flexibility index (Phi) is 3.80. The summed E-state index contributed by atoms with van der Waals surface area (Å²) in [5.41, 5.74) is 1.25. The minimum Gasteiger partial charge on any atom is -0.495 e. The third-order valence-electron chi connectivity index (χ3n) is 2.35. The molecule has 0 aliphatic carbocycles. The summed E-state index contributed by atoms with van der Waals surface area (Å²) >= 11 is 3.37. The first-order chi connectivity index (χ1) is 8.74. The number of nitrogens with zero attached hydrogens (tertiary/aromatic N) is 2. The van der Waals surface area contributed by atoms with Crippen LogP contribution in [0.3, 0.4) is 0 Å². The Labute approximate surface area is 113 Å². The molecule has 90 valence electrons. The van der Waals surface area contributed by atoms with E-state index in [0.717, 1.165) is 10.2 Å². The smallest absolute Gasteiger partial charge is 0.152 e. The Morgan fingerprint density at radius 1 is 1.28 bits per heavy atom. The third kappa shape index (κ3) is 2.60. The molecule has 18 heavy (non-hydrogen) atoms. The normalized spacial score (nSPS) is 9.61. The lowest BCUT2D eigenvalue weighted by Crippen LogP contribution is -1.99. The van der Waals surface area contributed by atoms with Gasteiger partial charge in [0.1, 0.15) is 17.4 Å². The third-order valence-corrected chi connectivity index (χ3v) is 2.88. The predicted molar refractivity (Wildman–Crippen MR) is 72.9 cm³/mol. The van der Waals surface area contributed by atoms with Gasteiger partial charge in [0.15, 0.2) is 5.82 Å². The molecule has 1 aromatic carbocycles. The first-order valence-corrected chi connectivity index (χ1v) is 5.99. The van der Waals surface area contributed by atoms with E-state index in [2.05, 4.69) is 32.3 Å². The minimum atomic E-state index is 0.392. The summed E-state index contributed by atoms with van der Waals surface area (Å²) in [5.74, 6) is 0.992. The van der Waals surface area contributed by atoms with Gasteiger partial charge < -0.3 is 10.1 Å². The Morgan fingerprint density at radius 2 is 2.00 bits per heavy atom. The topological polar surface area (TPSA) is 57.9 Å². The van der Waals surface area contributed by atoms with Gasteiger partial charge in [0.2, 0.25) is 0 Å². The second-order valence-electron chi connectivity index (χ2n) is 3.48. The highest BCUT2D eigenvalue weighted by molar-refractivity contribution is 9.10. The number of methoxy groups -OCH3 is 1. The highest BCUT2D eigenvalue weighted by Gasteiger charge is 2.09. The summed E-state index contributed by atoms with van der Waals surface area (Å²) in [6, 6.07) is 11.4. The second kappa shape index (κ2) is 5.52. The molecule has 0 saturated carbocycles. The van der Waals surface area contributed by atoms with E-state index in [1.807, 2.05) is 24.3 Å². The number of aromatic nitrogens is 1. The lowest BCUT2D eigenvalue weighted by Gasteiger charge is -2.09. The molecule has 0 amide bonds. The molecule has 0 unspecified atom stereocenters. The number of hydrogen-bond acceptors (Lipinski definition) is 4. The highest BCUT2D eigenvalue weighted by atomic mass is 79.9. The first-order valence-electron chi connectivity index (χ1n) is 5.20. The summed E-state index contributed by atoms with van der Waals surface area (Å²) < 4.78 is 6.12. The number of nitrogens with one attached hydrogen (secondary N) is 1. The van der Waals surface area contributed by atoms with Gasteiger partial charge in [-0.25, -0.2) is 4.98 Å². The molecule has 4 nitrogen and oxygen atoms in total. The Bertz CT molecular complexity index is 590. The average molecular weight is 304 g/mol. The van der Waals surface area contributed by atoms with Gasteiger partial charge in [-0.3, -0.25) is 0 Å². The van der Waals surface area contributed by atoms with Crippen molar-refractivity contribution in [1.82, 2.24) is 4.98 Å². The number of hydrogen-bond donors (Lipinski definition) is 1.